The lowest BCUT2D eigenvalue weighted by Gasteiger charge is -2.09. The lowest BCUT2D eigenvalue weighted by Crippen LogP contribution is -2.25. The van der Waals surface area contributed by atoms with Gasteiger partial charge < -0.3 is 39.0 Å². The van der Waals surface area contributed by atoms with E-state index in [1.807, 2.05) is 53.1 Å². The van der Waals surface area contributed by atoms with Gasteiger partial charge >= 0.3 is 0 Å². The fourth-order valence-electron chi connectivity index (χ4n) is 5.23. The van der Waals surface area contributed by atoms with Gasteiger partial charge in [0.15, 0.2) is 24.0 Å². The Morgan fingerprint density at radius 3 is 1.85 bits per heavy atom. The van der Waals surface area contributed by atoms with E-state index in [0.717, 1.165) is 22.9 Å². The number of aromatic nitrogens is 4. The molecular formula is C32H34N10O4. The van der Waals surface area contributed by atoms with Crippen LogP contribution in [0.5, 0.6) is 11.5 Å². The third-order valence-electron chi connectivity index (χ3n) is 7.80. The van der Waals surface area contributed by atoms with Gasteiger partial charge in [-0.2, -0.15) is 10.5 Å². The molecule has 2 aliphatic rings. The van der Waals surface area contributed by atoms with E-state index in [9.17, 15) is 9.59 Å². The molecule has 236 valence electrons. The van der Waals surface area contributed by atoms with Crippen LogP contribution in [0.25, 0.3) is 11.4 Å². The maximum absolute atomic E-state index is 12.2. The van der Waals surface area contributed by atoms with E-state index in [-0.39, 0.29) is 23.7 Å². The van der Waals surface area contributed by atoms with Crippen LogP contribution in [0.1, 0.15) is 12.8 Å². The van der Waals surface area contributed by atoms with E-state index in [2.05, 4.69) is 33.0 Å². The zero-order valence-electron chi connectivity index (χ0n) is 25.5. The fourth-order valence-corrected chi connectivity index (χ4v) is 5.23. The standard InChI is InChI=1S/2C16H17N5O2/c1-23-14-4-2-13(3-5-14)21-9-15(18-11-21)19-16(22)12-6-7-20(8-12)10-17;1-23-14-5-3-2-4-13(14)21-9-15(18-11-21)19-16(22)12-6-7-20(8-12)10-17/h2*2-5,9,11-12H,6-8H2,1H3,(H,19,22)/t2*12-/m00/s1. The number of hydrogen-bond donors (Lipinski definition) is 2. The highest BCUT2D eigenvalue weighted by atomic mass is 16.5. The van der Waals surface area contributed by atoms with Gasteiger partial charge in [-0.15, -0.1) is 0 Å². The Bertz CT molecular complexity index is 1740. The number of nitriles is 2. The topological polar surface area (TPSA) is 166 Å². The molecule has 4 heterocycles. The first-order chi connectivity index (χ1) is 22.4. The molecule has 2 fully saturated rings. The van der Waals surface area contributed by atoms with Crippen LogP contribution in [0.3, 0.4) is 0 Å². The molecule has 14 nitrogen and oxygen atoms in total. The van der Waals surface area contributed by atoms with Crippen LogP contribution < -0.4 is 20.1 Å². The average molecular weight is 623 g/mol. The monoisotopic (exact) mass is 622 g/mol. The molecule has 2 atom stereocenters. The molecular weight excluding hydrogens is 588 g/mol. The van der Waals surface area contributed by atoms with Gasteiger partial charge in [0.2, 0.25) is 11.8 Å². The third-order valence-corrected chi connectivity index (χ3v) is 7.80. The SMILES string of the molecule is COc1ccc(-n2cnc(NC(=O)[C@H]3CCN(C#N)C3)c2)cc1.COc1ccccc1-n1cnc(NC(=O)[C@H]2CCN(C#N)C2)c1. The van der Waals surface area contributed by atoms with E-state index >= 15 is 0 Å². The first kappa shape index (κ1) is 31.4. The van der Waals surface area contributed by atoms with Crippen molar-refractivity contribution in [3.05, 3.63) is 73.6 Å². The molecule has 2 amide bonds. The number of benzene rings is 2. The molecule has 2 aromatic carbocycles. The van der Waals surface area contributed by atoms with Crippen molar-refractivity contribution in [1.29, 1.82) is 10.5 Å². The predicted molar refractivity (Wildman–Crippen MR) is 168 cm³/mol. The second-order valence-corrected chi connectivity index (χ2v) is 10.7. The van der Waals surface area contributed by atoms with Crippen molar-refractivity contribution in [2.45, 2.75) is 12.8 Å². The van der Waals surface area contributed by atoms with E-state index in [4.69, 9.17) is 20.0 Å². The summed E-state index contributed by atoms with van der Waals surface area (Å²) < 4.78 is 14.1. The maximum atomic E-state index is 12.2. The van der Waals surface area contributed by atoms with Crippen molar-refractivity contribution >= 4 is 23.5 Å². The molecule has 0 saturated carbocycles. The smallest absolute Gasteiger partial charge is 0.230 e. The number of carbonyl (C=O) groups excluding carboxylic acids is 2. The molecule has 2 saturated heterocycles. The van der Waals surface area contributed by atoms with Crippen LogP contribution in [0.2, 0.25) is 0 Å². The summed E-state index contributed by atoms with van der Waals surface area (Å²) in [4.78, 5) is 36.0. The largest absolute Gasteiger partial charge is 0.497 e. The lowest BCUT2D eigenvalue weighted by molar-refractivity contribution is -0.120. The second kappa shape index (κ2) is 14.6. The van der Waals surface area contributed by atoms with Gasteiger partial charge in [-0.1, -0.05) is 12.1 Å². The molecule has 0 spiro atoms. The van der Waals surface area contributed by atoms with E-state index in [0.29, 0.717) is 50.7 Å². The molecule has 46 heavy (non-hydrogen) atoms. The van der Waals surface area contributed by atoms with Gasteiger partial charge in [0, 0.05) is 31.9 Å². The summed E-state index contributed by atoms with van der Waals surface area (Å²) in [5.41, 5.74) is 1.77. The number of carbonyl (C=O) groups is 2. The molecule has 14 heteroatoms. The van der Waals surface area contributed by atoms with Gasteiger partial charge in [0.05, 0.1) is 44.1 Å². The van der Waals surface area contributed by atoms with Gasteiger partial charge in [-0.3, -0.25) is 9.59 Å². The van der Waals surface area contributed by atoms with Gasteiger partial charge in [-0.25, -0.2) is 9.97 Å². The Kier molecular flexibility index (Phi) is 9.99. The minimum absolute atomic E-state index is 0.0947. The normalized spacial score (nSPS) is 16.9. The summed E-state index contributed by atoms with van der Waals surface area (Å²) >= 11 is 0. The molecule has 2 aliphatic heterocycles. The van der Waals surface area contributed by atoms with E-state index in [1.54, 1.807) is 53.6 Å². The number of likely N-dealkylation sites (tertiary alicyclic amines) is 2. The molecule has 0 aliphatic carbocycles. The van der Waals surface area contributed by atoms with Crippen molar-refractivity contribution in [2.75, 3.05) is 51.0 Å². The highest BCUT2D eigenvalue weighted by Crippen LogP contribution is 2.24. The van der Waals surface area contributed by atoms with Crippen molar-refractivity contribution in [2.24, 2.45) is 11.8 Å². The van der Waals surface area contributed by atoms with Crippen molar-refractivity contribution in [3.8, 4) is 35.3 Å². The molecule has 2 aromatic heterocycles. The summed E-state index contributed by atoms with van der Waals surface area (Å²) in [7, 11) is 3.23. The molecule has 0 radical (unpaired) electrons. The number of para-hydroxylation sites is 2. The minimum Gasteiger partial charge on any atom is -0.497 e. The lowest BCUT2D eigenvalue weighted by atomic mass is 10.1. The van der Waals surface area contributed by atoms with Crippen LogP contribution in [0.4, 0.5) is 11.6 Å². The average Bonchev–Trinajstić information content (AvgIpc) is 3.92. The second-order valence-electron chi connectivity index (χ2n) is 10.7. The maximum Gasteiger partial charge on any atom is 0.230 e. The molecule has 2 N–H and O–H groups in total. The van der Waals surface area contributed by atoms with Crippen molar-refractivity contribution < 1.29 is 19.1 Å². The number of nitrogens with zero attached hydrogens (tertiary/aromatic N) is 8. The number of hydrogen-bond acceptors (Lipinski definition) is 10. The number of anilines is 2. The summed E-state index contributed by atoms with van der Waals surface area (Å²) in [5, 5.41) is 23.3. The zero-order valence-corrected chi connectivity index (χ0v) is 25.5. The number of amides is 2. The zero-order chi connectivity index (χ0) is 32.5. The van der Waals surface area contributed by atoms with E-state index < -0.39 is 0 Å². The number of nitrogens with one attached hydrogen (secondary N) is 2. The Labute approximate surface area is 266 Å². The van der Waals surface area contributed by atoms with Crippen LogP contribution in [0.15, 0.2) is 73.6 Å². The van der Waals surface area contributed by atoms with E-state index in [1.165, 1.54) is 0 Å². The van der Waals surface area contributed by atoms with Crippen LogP contribution in [-0.2, 0) is 9.59 Å². The number of ether oxygens (including phenoxy) is 2. The summed E-state index contributed by atoms with van der Waals surface area (Å²) in [6, 6.07) is 15.1. The van der Waals surface area contributed by atoms with Gasteiger partial charge in [0.1, 0.15) is 24.2 Å². The summed E-state index contributed by atoms with van der Waals surface area (Å²) in [6.45, 7) is 2.20. The first-order valence-electron chi connectivity index (χ1n) is 14.7. The summed E-state index contributed by atoms with van der Waals surface area (Å²) in [5.74, 6) is 1.95. The van der Waals surface area contributed by atoms with Crippen LogP contribution in [-0.4, -0.2) is 81.1 Å². The first-order valence-corrected chi connectivity index (χ1v) is 14.7. The molecule has 4 aromatic rings. The Hall–Kier alpha value is -6.02. The molecule has 6 rings (SSSR count). The van der Waals surface area contributed by atoms with Crippen LogP contribution in [0, 0.1) is 34.7 Å². The third kappa shape index (κ3) is 7.54. The quantitative estimate of drug-likeness (QED) is 0.279. The Morgan fingerprint density at radius 2 is 1.33 bits per heavy atom. The van der Waals surface area contributed by atoms with Crippen molar-refractivity contribution in [1.82, 2.24) is 28.9 Å². The highest BCUT2D eigenvalue weighted by molar-refractivity contribution is 5.92. The number of methoxy groups -OCH3 is 2. The number of rotatable bonds is 8. The predicted octanol–water partition coefficient (Wildman–Crippen LogP) is 3.24. The highest BCUT2D eigenvalue weighted by Gasteiger charge is 2.29. The Morgan fingerprint density at radius 1 is 0.783 bits per heavy atom. The number of imidazole rings is 2. The summed E-state index contributed by atoms with van der Waals surface area (Å²) in [6.07, 6.45) is 12.3. The fraction of sp³-hybridized carbons (Fsp3) is 0.312. The van der Waals surface area contributed by atoms with Gasteiger partial charge in [-0.05, 0) is 49.2 Å². The minimum atomic E-state index is -0.175. The molecule has 0 unspecified atom stereocenters. The Balaban J connectivity index is 0.000000181. The van der Waals surface area contributed by atoms with Crippen molar-refractivity contribution in [3.63, 3.8) is 0 Å². The van der Waals surface area contributed by atoms with Gasteiger partial charge in [0.25, 0.3) is 0 Å². The van der Waals surface area contributed by atoms with Crippen LogP contribution >= 0.6 is 0 Å². The molecule has 0 bridgehead atoms.